The molecule has 1 aromatic carbocycles. The van der Waals surface area contributed by atoms with Crippen molar-refractivity contribution in [3.63, 3.8) is 0 Å². The minimum atomic E-state index is 0.0935. The summed E-state index contributed by atoms with van der Waals surface area (Å²) in [4.78, 5) is 12.1. The lowest BCUT2D eigenvalue weighted by atomic mass is 9.76. The fourth-order valence-corrected chi connectivity index (χ4v) is 2.26. The van der Waals surface area contributed by atoms with E-state index in [4.69, 9.17) is 10.2 Å². The quantitative estimate of drug-likeness (QED) is 0.782. The molecule has 82 valence electrons. The van der Waals surface area contributed by atoms with Crippen molar-refractivity contribution in [2.24, 2.45) is 11.7 Å². The maximum atomic E-state index is 12.1. The van der Waals surface area contributed by atoms with Crippen LogP contribution in [0.4, 0.5) is 0 Å². The third-order valence-electron chi connectivity index (χ3n) is 3.29. The summed E-state index contributed by atoms with van der Waals surface area (Å²) in [6, 6.07) is 7.82. The summed E-state index contributed by atoms with van der Waals surface area (Å²) in [7, 11) is 0. The smallest absolute Gasteiger partial charge is 0.169 e. The number of nitrogens with two attached hydrogens (primary N) is 1. The zero-order valence-corrected chi connectivity index (χ0v) is 8.85. The van der Waals surface area contributed by atoms with Crippen LogP contribution in [0, 0.1) is 5.92 Å². The Hall–Kier alpha value is -1.61. The standard InChI is InChI=1S/C13H13NO2/c14-9-5-8(6-9)13(15)11-7-16-12-4-2-1-3-10(11)12/h1-4,7-9H,5-6,14H2. The van der Waals surface area contributed by atoms with Gasteiger partial charge in [-0.25, -0.2) is 0 Å². The average molecular weight is 215 g/mol. The molecule has 1 aliphatic rings. The second-order valence-electron chi connectivity index (χ2n) is 4.44. The summed E-state index contributed by atoms with van der Waals surface area (Å²) in [5.41, 5.74) is 7.17. The summed E-state index contributed by atoms with van der Waals surface area (Å²) < 4.78 is 5.36. The van der Waals surface area contributed by atoms with Crippen LogP contribution in [0.15, 0.2) is 34.9 Å². The summed E-state index contributed by atoms with van der Waals surface area (Å²) in [6.45, 7) is 0. The largest absolute Gasteiger partial charge is 0.464 e. The van der Waals surface area contributed by atoms with Crippen molar-refractivity contribution in [3.05, 3.63) is 36.1 Å². The van der Waals surface area contributed by atoms with Crippen LogP contribution >= 0.6 is 0 Å². The van der Waals surface area contributed by atoms with Gasteiger partial charge in [-0.15, -0.1) is 0 Å². The molecule has 16 heavy (non-hydrogen) atoms. The summed E-state index contributed by atoms with van der Waals surface area (Å²) in [5.74, 6) is 0.266. The normalized spacial score (nSPS) is 24.3. The highest BCUT2D eigenvalue weighted by atomic mass is 16.3. The number of Topliss-reactive ketones (excluding diaryl/α,β-unsaturated/α-hetero) is 1. The molecule has 0 saturated heterocycles. The highest BCUT2D eigenvalue weighted by molar-refractivity contribution is 6.08. The molecular weight excluding hydrogens is 202 g/mol. The van der Waals surface area contributed by atoms with Gasteiger partial charge in [-0.2, -0.15) is 0 Å². The van der Waals surface area contributed by atoms with Gasteiger partial charge < -0.3 is 10.2 Å². The molecule has 0 amide bonds. The first-order chi connectivity index (χ1) is 7.75. The number of rotatable bonds is 2. The average Bonchev–Trinajstić information content (AvgIpc) is 2.67. The molecular formula is C13H13NO2. The first kappa shape index (κ1) is 9.60. The van der Waals surface area contributed by atoms with E-state index in [9.17, 15) is 4.79 Å². The fourth-order valence-electron chi connectivity index (χ4n) is 2.26. The van der Waals surface area contributed by atoms with Crippen molar-refractivity contribution in [2.75, 3.05) is 0 Å². The molecule has 0 radical (unpaired) electrons. The predicted molar refractivity (Wildman–Crippen MR) is 61.2 cm³/mol. The van der Waals surface area contributed by atoms with Crippen molar-refractivity contribution < 1.29 is 9.21 Å². The van der Waals surface area contributed by atoms with E-state index in [2.05, 4.69) is 0 Å². The van der Waals surface area contributed by atoms with Crippen molar-refractivity contribution in [3.8, 4) is 0 Å². The highest BCUT2D eigenvalue weighted by Gasteiger charge is 2.33. The van der Waals surface area contributed by atoms with Gasteiger partial charge in [-0.05, 0) is 18.9 Å². The van der Waals surface area contributed by atoms with E-state index >= 15 is 0 Å². The predicted octanol–water partition coefficient (Wildman–Crippen LogP) is 2.35. The van der Waals surface area contributed by atoms with Gasteiger partial charge in [0.1, 0.15) is 11.8 Å². The van der Waals surface area contributed by atoms with E-state index in [1.807, 2.05) is 24.3 Å². The van der Waals surface area contributed by atoms with Crippen LogP contribution in [-0.2, 0) is 0 Å². The molecule has 0 unspecified atom stereocenters. The van der Waals surface area contributed by atoms with Gasteiger partial charge in [0.15, 0.2) is 5.78 Å². The molecule has 1 aromatic heterocycles. The van der Waals surface area contributed by atoms with Gasteiger partial charge in [0.25, 0.3) is 0 Å². The SMILES string of the molecule is NC1CC(C(=O)c2coc3ccccc23)C1. The summed E-state index contributed by atoms with van der Waals surface area (Å²) in [5, 5.41) is 0.910. The van der Waals surface area contributed by atoms with Crippen LogP contribution in [0.5, 0.6) is 0 Å². The van der Waals surface area contributed by atoms with Crippen molar-refractivity contribution in [1.82, 2.24) is 0 Å². The fraction of sp³-hybridized carbons (Fsp3) is 0.308. The Morgan fingerprint density at radius 3 is 2.81 bits per heavy atom. The van der Waals surface area contributed by atoms with E-state index in [-0.39, 0.29) is 17.7 Å². The maximum Gasteiger partial charge on any atom is 0.169 e. The second-order valence-corrected chi connectivity index (χ2v) is 4.44. The zero-order chi connectivity index (χ0) is 11.1. The van der Waals surface area contributed by atoms with Crippen molar-refractivity contribution >= 4 is 16.8 Å². The third-order valence-corrected chi connectivity index (χ3v) is 3.29. The zero-order valence-electron chi connectivity index (χ0n) is 8.85. The molecule has 3 heteroatoms. The molecule has 3 nitrogen and oxygen atoms in total. The van der Waals surface area contributed by atoms with Crippen molar-refractivity contribution in [1.29, 1.82) is 0 Å². The summed E-state index contributed by atoms with van der Waals surface area (Å²) >= 11 is 0. The third kappa shape index (κ3) is 1.36. The van der Waals surface area contributed by atoms with Crippen LogP contribution in [0.2, 0.25) is 0 Å². The number of para-hydroxylation sites is 1. The number of fused-ring (bicyclic) bond motifs is 1. The van der Waals surface area contributed by atoms with Gasteiger partial charge in [0.05, 0.1) is 5.56 Å². The number of hydrogen-bond acceptors (Lipinski definition) is 3. The Bertz CT molecular complexity index is 538. The van der Waals surface area contributed by atoms with E-state index in [0.717, 1.165) is 23.8 Å². The first-order valence-corrected chi connectivity index (χ1v) is 5.51. The molecule has 0 spiro atoms. The molecule has 1 fully saturated rings. The molecule has 2 aromatic rings. The van der Waals surface area contributed by atoms with Crippen LogP contribution in [0.1, 0.15) is 23.2 Å². The van der Waals surface area contributed by atoms with Gasteiger partial charge in [0.2, 0.25) is 0 Å². The highest BCUT2D eigenvalue weighted by Crippen LogP contribution is 2.32. The number of furan rings is 1. The molecule has 1 aliphatic carbocycles. The molecule has 0 bridgehead atoms. The van der Waals surface area contributed by atoms with Crippen molar-refractivity contribution in [2.45, 2.75) is 18.9 Å². The van der Waals surface area contributed by atoms with E-state index < -0.39 is 0 Å². The van der Waals surface area contributed by atoms with E-state index in [0.29, 0.717) is 5.56 Å². The lowest BCUT2D eigenvalue weighted by Crippen LogP contribution is -2.40. The van der Waals surface area contributed by atoms with Gasteiger partial charge in [-0.1, -0.05) is 18.2 Å². The molecule has 1 saturated carbocycles. The lowest BCUT2D eigenvalue weighted by molar-refractivity contribution is 0.0833. The molecule has 3 rings (SSSR count). The van der Waals surface area contributed by atoms with Crippen LogP contribution in [-0.4, -0.2) is 11.8 Å². The molecule has 2 N–H and O–H groups in total. The van der Waals surface area contributed by atoms with Gasteiger partial charge >= 0.3 is 0 Å². The molecule has 0 aliphatic heterocycles. The number of hydrogen-bond donors (Lipinski definition) is 1. The molecule has 0 atom stereocenters. The number of carbonyl (C=O) groups is 1. The monoisotopic (exact) mass is 215 g/mol. The number of benzene rings is 1. The maximum absolute atomic E-state index is 12.1. The Balaban J connectivity index is 1.97. The minimum absolute atomic E-state index is 0.0935. The van der Waals surface area contributed by atoms with Gasteiger partial charge in [0, 0.05) is 17.3 Å². The topological polar surface area (TPSA) is 56.2 Å². The Morgan fingerprint density at radius 1 is 1.31 bits per heavy atom. The number of ketones is 1. The van der Waals surface area contributed by atoms with Crippen LogP contribution in [0.25, 0.3) is 11.0 Å². The second kappa shape index (κ2) is 3.46. The Kier molecular flexibility index (Phi) is 2.07. The lowest BCUT2D eigenvalue weighted by Gasteiger charge is -2.30. The van der Waals surface area contributed by atoms with Crippen LogP contribution in [0.3, 0.4) is 0 Å². The minimum Gasteiger partial charge on any atom is -0.464 e. The number of carbonyl (C=O) groups excluding carboxylic acids is 1. The Morgan fingerprint density at radius 2 is 2.06 bits per heavy atom. The molecule has 1 heterocycles. The van der Waals surface area contributed by atoms with E-state index in [1.165, 1.54) is 0 Å². The van der Waals surface area contributed by atoms with Crippen LogP contribution < -0.4 is 5.73 Å². The summed E-state index contributed by atoms with van der Waals surface area (Å²) in [6.07, 6.45) is 3.17. The van der Waals surface area contributed by atoms with Gasteiger partial charge in [-0.3, -0.25) is 4.79 Å². The Labute approximate surface area is 93.2 Å². The van der Waals surface area contributed by atoms with E-state index in [1.54, 1.807) is 6.26 Å². The first-order valence-electron chi connectivity index (χ1n) is 5.51.